The zero-order chi connectivity index (χ0) is 20.4. The van der Waals surface area contributed by atoms with Gasteiger partial charge in [-0.2, -0.15) is 0 Å². The minimum Gasteiger partial charge on any atom is -0.321 e. The Bertz CT molecular complexity index is 1050. The lowest BCUT2D eigenvalue weighted by Gasteiger charge is -2.35. The third-order valence-electron chi connectivity index (χ3n) is 4.93. The van der Waals surface area contributed by atoms with E-state index in [4.69, 9.17) is 0 Å². The van der Waals surface area contributed by atoms with Crippen molar-refractivity contribution in [2.75, 3.05) is 10.6 Å². The number of urea groups is 1. The number of carbonyl (C=O) groups is 2. The van der Waals surface area contributed by atoms with Crippen molar-refractivity contribution in [3.05, 3.63) is 81.8 Å². The number of thiophene rings is 1. The van der Waals surface area contributed by atoms with Crippen molar-refractivity contribution < 1.29 is 14.0 Å². The van der Waals surface area contributed by atoms with Crippen molar-refractivity contribution in [1.82, 2.24) is 4.90 Å². The summed E-state index contributed by atoms with van der Waals surface area (Å²) in [4.78, 5) is 27.4. The Balaban J connectivity index is 1.45. The summed E-state index contributed by atoms with van der Waals surface area (Å²) in [6, 6.07) is 15.1. The molecular formula is C22H20FN3O2S. The third-order valence-corrected chi connectivity index (χ3v) is 5.80. The van der Waals surface area contributed by atoms with E-state index < -0.39 is 0 Å². The van der Waals surface area contributed by atoms with Crippen LogP contribution in [0.25, 0.3) is 0 Å². The van der Waals surface area contributed by atoms with E-state index in [1.54, 1.807) is 41.3 Å². The number of halogens is 1. The van der Waals surface area contributed by atoms with E-state index in [0.29, 0.717) is 29.2 Å². The second-order valence-corrected chi connectivity index (χ2v) is 7.98. The third kappa shape index (κ3) is 4.30. The second kappa shape index (κ2) is 8.05. The van der Waals surface area contributed by atoms with Gasteiger partial charge >= 0.3 is 6.03 Å². The van der Waals surface area contributed by atoms with Crippen molar-refractivity contribution in [1.29, 1.82) is 0 Å². The molecule has 148 valence electrons. The van der Waals surface area contributed by atoms with Crippen LogP contribution in [-0.4, -0.2) is 22.9 Å². The Morgan fingerprint density at radius 3 is 2.59 bits per heavy atom. The van der Waals surface area contributed by atoms with Crippen LogP contribution in [0.4, 0.5) is 20.6 Å². The zero-order valence-electron chi connectivity index (χ0n) is 15.8. The Morgan fingerprint density at radius 2 is 1.83 bits per heavy atom. The normalized spacial score (nSPS) is 15.5. The van der Waals surface area contributed by atoms with Gasteiger partial charge in [-0.3, -0.25) is 4.79 Å². The van der Waals surface area contributed by atoms with Crippen molar-refractivity contribution in [3.63, 3.8) is 0 Å². The van der Waals surface area contributed by atoms with E-state index >= 15 is 0 Å². The van der Waals surface area contributed by atoms with Crippen molar-refractivity contribution in [2.24, 2.45) is 0 Å². The van der Waals surface area contributed by atoms with Crippen LogP contribution in [-0.2, 0) is 13.0 Å². The van der Waals surface area contributed by atoms with Crippen molar-refractivity contribution in [2.45, 2.75) is 25.9 Å². The summed E-state index contributed by atoms with van der Waals surface area (Å²) >= 11 is 1.36. The highest BCUT2D eigenvalue weighted by Gasteiger charge is 2.27. The number of anilines is 2. The number of carbonyl (C=O) groups excluding carboxylic acids is 2. The molecule has 29 heavy (non-hydrogen) atoms. The minimum absolute atomic E-state index is 0.00493. The number of benzene rings is 2. The van der Waals surface area contributed by atoms with Gasteiger partial charge in [0.1, 0.15) is 5.82 Å². The molecule has 2 N–H and O–H groups in total. The smallest absolute Gasteiger partial charge is 0.321 e. The van der Waals surface area contributed by atoms with Gasteiger partial charge in [0.05, 0.1) is 4.88 Å². The number of nitrogens with zero attached hydrogens (tertiary/aromatic N) is 1. The topological polar surface area (TPSA) is 61.4 Å². The van der Waals surface area contributed by atoms with Crippen LogP contribution >= 0.6 is 11.3 Å². The van der Waals surface area contributed by atoms with Gasteiger partial charge in [0.2, 0.25) is 0 Å². The van der Waals surface area contributed by atoms with Gasteiger partial charge in [0.25, 0.3) is 5.91 Å². The highest BCUT2D eigenvalue weighted by atomic mass is 32.1. The van der Waals surface area contributed by atoms with E-state index in [9.17, 15) is 14.0 Å². The number of hydrogen-bond donors (Lipinski definition) is 2. The average molecular weight is 409 g/mol. The quantitative estimate of drug-likeness (QED) is 0.631. The minimum atomic E-state index is -0.298. The Labute approximate surface area is 172 Å². The highest BCUT2D eigenvalue weighted by Crippen LogP contribution is 2.25. The summed E-state index contributed by atoms with van der Waals surface area (Å²) in [5.41, 5.74) is 3.08. The van der Waals surface area contributed by atoms with Gasteiger partial charge in [-0.1, -0.05) is 18.2 Å². The molecule has 7 heteroatoms. The molecular weight excluding hydrogens is 389 g/mol. The molecule has 1 aliphatic heterocycles. The monoisotopic (exact) mass is 409 g/mol. The fourth-order valence-corrected chi connectivity index (χ4v) is 4.07. The molecule has 1 aliphatic rings. The van der Waals surface area contributed by atoms with Crippen molar-refractivity contribution >= 4 is 34.6 Å². The maximum atomic E-state index is 13.6. The first-order valence-electron chi connectivity index (χ1n) is 9.29. The van der Waals surface area contributed by atoms with Crippen LogP contribution < -0.4 is 10.6 Å². The Kier molecular flexibility index (Phi) is 5.31. The molecule has 3 amide bonds. The first kappa shape index (κ1) is 19.1. The van der Waals surface area contributed by atoms with E-state index in [-0.39, 0.29) is 23.8 Å². The zero-order valence-corrected chi connectivity index (χ0v) is 16.6. The molecule has 1 atom stereocenters. The van der Waals surface area contributed by atoms with Gasteiger partial charge in [-0.25, -0.2) is 9.18 Å². The summed E-state index contributed by atoms with van der Waals surface area (Å²) in [6.07, 6.45) is 0.681. The first-order valence-corrected chi connectivity index (χ1v) is 10.2. The van der Waals surface area contributed by atoms with E-state index in [1.165, 1.54) is 23.5 Å². The van der Waals surface area contributed by atoms with Gasteiger partial charge in [-0.15, -0.1) is 11.3 Å². The van der Waals surface area contributed by atoms with Crippen LogP contribution in [0, 0.1) is 5.82 Å². The molecule has 0 saturated heterocycles. The molecule has 0 unspecified atom stereocenters. The summed E-state index contributed by atoms with van der Waals surface area (Å²) in [7, 11) is 0. The molecule has 0 aliphatic carbocycles. The van der Waals surface area contributed by atoms with Gasteiger partial charge in [0.15, 0.2) is 0 Å². The van der Waals surface area contributed by atoms with Crippen LogP contribution in [0.15, 0.2) is 60.0 Å². The van der Waals surface area contributed by atoms with Gasteiger partial charge in [0, 0.05) is 24.0 Å². The molecule has 1 aromatic heterocycles. The summed E-state index contributed by atoms with van der Waals surface area (Å²) in [5, 5.41) is 7.55. The van der Waals surface area contributed by atoms with Gasteiger partial charge < -0.3 is 15.5 Å². The Morgan fingerprint density at radius 1 is 1.03 bits per heavy atom. The summed E-state index contributed by atoms with van der Waals surface area (Å²) in [5.74, 6) is -0.486. The van der Waals surface area contributed by atoms with E-state index in [0.717, 1.165) is 11.1 Å². The van der Waals surface area contributed by atoms with Gasteiger partial charge in [-0.05, 0) is 66.2 Å². The fourth-order valence-electron chi connectivity index (χ4n) is 3.45. The molecule has 2 aromatic carbocycles. The summed E-state index contributed by atoms with van der Waals surface area (Å²) in [6.45, 7) is 2.33. The Hall–Kier alpha value is -3.19. The number of fused-ring (bicyclic) bond motifs is 1. The molecule has 3 aromatic rings. The van der Waals surface area contributed by atoms with Crippen LogP contribution in [0.1, 0.15) is 27.7 Å². The second-order valence-electron chi connectivity index (χ2n) is 7.04. The largest absolute Gasteiger partial charge is 0.322 e. The molecule has 4 rings (SSSR count). The molecule has 5 nitrogen and oxygen atoms in total. The molecule has 0 fully saturated rings. The number of amides is 3. The van der Waals surface area contributed by atoms with Crippen LogP contribution in [0.2, 0.25) is 0 Å². The number of nitrogens with one attached hydrogen (secondary N) is 2. The molecule has 0 bridgehead atoms. The number of hydrogen-bond acceptors (Lipinski definition) is 3. The van der Waals surface area contributed by atoms with Crippen LogP contribution in [0.5, 0.6) is 0 Å². The standard InChI is InChI=1S/C22H20FN3O2S/c1-14-10-15-7-8-17(23)11-16(15)13-26(14)22(28)25-19-5-2-4-18(12-19)24-21(27)20-6-3-9-29-20/h2-9,11-12,14H,10,13H2,1H3,(H,24,27)(H,25,28)/t14-/m1/s1. The average Bonchev–Trinajstić information content (AvgIpc) is 3.23. The molecule has 0 saturated carbocycles. The molecule has 0 spiro atoms. The van der Waals surface area contributed by atoms with E-state index in [1.807, 2.05) is 18.4 Å². The number of rotatable bonds is 3. The fraction of sp³-hybridized carbons (Fsp3) is 0.182. The molecule has 2 heterocycles. The lowest BCUT2D eigenvalue weighted by atomic mass is 9.95. The maximum absolute atomic E-state index is 13.6. The van der Waals surface area contributed by atoms with E-state index in [2.05, 4.69) is 10.6 Å². The SMILES string of the molecule is C[C@@H]1Cc2ccc(F)cc2CN1C(=O)Nc1cccc(NC(=O)c2cccs2)c1. The predicted octanol–water partition coefficient (Wildman–Crippen LogP) is 5.12. The van der Waals surface area contributed by atoms with Crippen molar-refractivity contribution in [3.8, 4) is 0 Å². The lowest BCUT2D eigenvalue weighted by molar-refractivity contribution is 0.103. The predicted molar refractivity (Wildman–Crippen MR) is 113 cm³/mol. The lowest BCUT2D eigenvalue weighted by Crippen LogP contribution is -2.44. The summed E-state index contributed by atoms with van der Waals surface area (Å²) < 4.78 is 13.6. The molecule has 0 radical (unpaired) electrons. The van der Waals surface area contributed by atoms with Crippen LogP contribution in [0.3, 0.4) is 0 Å². The first-order chi connectivity index (χ1) is 14.0. The highest BCUT2D eigenvalue weighted by molar-refractivity contribution is 7.12. The maximum Gasteiger partial charge on any atom is 0.322 e.